The lowest BCUT2D eigenvalue weighted by atomic mass is 10.0. The van der Waals surface area contributed by atoms with E-state index in [1.54, 1.807) is 10.7 Å². The lowest BCUT2D eigenvalue weighted by Crippen LogP contribution is -2.36. The van der Waals surface area contributed by atoms with Gasteiger partial charge in [-0.25, -0.2) is 26.3 Å². The molecule has 1 fully saturated rings. The summed E-state index contributed by atoms with van der Waals surface area (Å²) in [6.45, 7) is 9.21. The summed E-state index contributed by atoms with van der Waals surface area (Å²) in [5.74, 6) is -1.21. The van der Waals surface area contributed by atoms with Crippen LogP contribution in [-0.2, 0) is 30.3 Å². The third-order valence-electron chi connectivity index (χ3n) is 5.95. The maximum atomic E-state index is 13.3. The molecule has 0 radical (unpaired) electrons. The summed E-state index contributed by atoms with van der Waals surface area (Å²) in [5, 5.41) is 10.3. The normalized spacial score (nSPS) is 18.2. The van der Waals surface area contributed by atoms with Gasteiger partial charge in [-0.05, 0) is 66.0 Å². The van der Waals surface area contributed by atoms with Gasteiger partial charge in [-0.2, -0.15) is 13.8 Å². The first-order chi connectivity index (χ1) is 19.0. The van der Waals surface area contributed by atoms with Crippen LogP contribution in [0.15, 0.2) is 18.2 Å². The number of rotatable bonds is 9. The number of anilines is 3. The van der Waals surface area contributed by atoms with Gasteiger partial charge in [-0.3, -0.25) is 0 Å². The molecule has 236 valence electrons. The number of hydrogen-bond acceptors (Lipinski definition) is 10. The van der Waals surface area contributed by atoms with Crippen molar-refractivity contribution in [2.24, 2.45) is 0 Å². The highest BCUT2D eigenvalue weighted by molar-refractivity contribution is 8.09. The van der Waals surface area contributed by atoms with Gasteiger partial charge in [0.2, 0.25) is 25.9 Å². The fourth-order valence-corrected chi connectivity index (χ4v) is 7.46. The number of alkyl carbamates (subject to hydrolysis) is 1. The molecule has 0 saturated heterocycles. The van der Waals surface area contributed by atoms with Gasteiger partial charge >= 0.3 is 12.5 Å². The molecule has 2 N–H and O–H groups in total. The molecule has 3 rings (SSSR count). The average molecular weight is 641 g/mol. The number of hydrogen-bond donors (Lipinski definition) is 2. The molecular formula is C24H35F3N6O7S2. The van der Waals surface area contributed by atoms with Gasteiger partial charge < -0.3 is 20.1 Å². The summed E-state index contributed by atoms with van der Waals surface area (Å²) >= 11 is 0. The number of halogens is 3. The maximum absolute atomic E-state index is 13.3. The van der Waals surface area contributed by atoms with Crippen LogP contribution in [0.5, 0.6) is 5.88 Å². The second-order valence-corrected chi connectivity index (χ2v) is 15.2. The Labute approximate surface area is 242 Å². The number of amides is 1. The summed E-state index contributed by atoms with van der Waals surface area (Å²) in [6.07, 6.45) is -3.25. The van der Waals surface area contributed by atoms with E-state index in [0.29, 0.717) is 43.3 Å². The number of carbonyl (C=O) groups is 1. The van der Waals surface area contributed by atoms with Gasteiger partial charge in [0.1, 0.15) is 23.4 Å². The van der Waals surface area contributed by atoms with E-state index in [0.717, 1.165) is 12.1 Å². The van der Waals surface area contributed by atoms with Crippen molar-refractivity contribution in [2.45, 2.75) is 83.8 Å². The van der Waals surface area contributed by atoms with Crippen molar-refractivity contribution in [1.29, 1.82) is 0 Å². The molecule has 0 aliphatic heterocycles. The van der Waals surface area contributed by atoms with E-state index >= 15 is 0 Å². The van der Waals surface area contributed by atoms with Crippen molar-refractivity contribution in [2.75, 3.05) is 21.5 Å². The second-order valence-electron chi connectivity index (χ2n) is 11.3. The zero-order valence-corrected chi connectivity index (χ0v) is 25.8. The molecule has 0 aromatic carbocycles. The molecule has 1 aliphatic carbocycles. The molecule has 2 atom stereocenters. The SMILES string of the molecule is CC(C)NC(=O)O[C@@H]1CC[C@H](c2cc(Nc3ccc(N(S(C)(=O)=O)S(C)(=O)=O)c(OC(F)(F)F)n3)n(C(C)(C)C)n2)C1. The Balaban J connectivity index is 1.97. The summed E-state index contributed by atoms with van der Waals surface area (Å²) in [7, 11) is -9.18. The van der Waals surface area contributed by atoms with Crippen LogP contribution in [-0.4, -0.2) is 68.7 Å². The van der Waals surface area contributed by atoms with E-state index in [9.17, 15) is 34.8 Å². The number of sulfonamides is 2. The second kappa shape index (κ2) is 11.8. The Kier molecular flexibility index (Phi) is 9.32. The number of pyridine rings is 1. The van der Waals surface area contributed by atoms with Gasteiger partial charge in [0, 0.05) is 18.0 Å². The van der Waals surface area contributed by atoms with Crippen LogP contribution in [0, 0.1) is 0 Å². The Morgan fingerprint density at radius 3 is 2.24 bits per heavy atom. The fraction of sp³-hybridized carbons (Fsp3) is 0.625. The first kappa shape index (κ1) is 33.2. The Morgan fingerprint density at radius 1 is 1.10 bits per heavy atom. The molecule has 1 saturated carbocycles. The molecule has 0 bridgehead atoms. The van der Waals surface area contributed by atoms with Crippen LogP contribution in [0.3, 0.4) is 0 Å². The minimum Gasteiger partial charge on any atom is -0.446 e. The number of nitrogens with one attached hydrogen (secondary N) is 2. The molecule has 2 aromatic rings. The zero-order valence-electron chi connectivity index (χ0n) is 24.2. The monoisotopic (exact) mass is 640 g/mol. The number of alkyl halides is 3. The molecule has 0 unspecified atom stereocenters. The molecule has 1 aliphatic rings. The largest absolute Gasteiger partial charge is 0.574 e. The molecule has 18 heteroatoms. The summed E-state index contributed by atoms with van der Waals surface area (Å²) in [4.78, 5) is 15.8. The highest BCUT2D eigenvalue weighted by atomic mass is 32.3. The summed E-state index contributed by atoms with van der Waals surface area (Å²) in [6, 6.07) is 3.59. The van der Waals surface area contributed by atoms with Crippen molar-refractivity contribution in [3.63, 3.8) is 0 Å². The van der Waals surface area contributed by atoms with Crippen molar-refractivity contribution in [3.05, 3.63) is 23.9 Å². The number of ether oxygens (including phenoxy) is 2. The quantitative estimate of drug-likeness (QED) is 0.407. The van der Waals surface area contributed by atoms with Crippen LogP contribution in [0.4, 0.5) is 35.3 Å². The van der Waals surface area contributed by atoms with E-state index in [1.165, 1.54) is 0 Å². The fourth-order valence-electron chi connectivity index (χ4n) is 4.50. The summed E-state index contributed by atoms with van der Waals surface area (Å²) in [5.41, 5.74) is -0.876. The third-order valence-corrected chi connectivity index (χ3v) is 9.18. The average Bonchev–Trinajstić information content (AvgIpc) is 3.38. The lowest BCUT2D eigenvalue weighted by Gasteiger charge is -2.24. The highest BCUT2D eigenvalue weighted by Crippen LogP contribution is 2.39. The van der Waals surface area contributed by atoms with Crippen LogP contribution in [0.2, 0.25) is 0 Å². The van der Waals surface area contributed by atoms with E-state index in [-0.39, 0.29) is 27.6 Å². The smallest absolute Gasteiger partial charge is 0.446 e. The van der Waals surface area contributed by atoms with E-state index < -0.39 is 49.6 Å². The third kappa shape index (κ3) is 8.62. The Morgan fingerprint density at radius 2 is 1.71 bits per heavy atom. The molecule has 0 spiro atoms. The number of nitrogens with zero attached hydrogens (tertiary/aromatic N) is 4. The Hall–Kier alpha value is -3.28. The van der Waals surface area contributed by atoms with E-state index in [1.807, 2.05) is 34.6 Å². The van der Waals surface area contributed by atoms with Gasteiger partial charge in [0.15, 0.2) is 0 Å². The van der Waals surface area contributed by atoms with Crippen molar-refractivity contribution in [3.8, 4) is 5.88 Å². The van der Waals surface area contributed by atoms with Crippen LogP contribution in [0.25, 0.3) is 0 Å². The van der Waals surface area contributed by atoms with Crippen molar-refractivity contribution < 1.29 is 44.3 Å². The first-order valence-corrected chi connectivity index (χ1v) is 16.6. The standard InChI is InChI=1S/C24H35F3N6O7S2/c1-14(2)28-22(34)39-16-9-8-15(12-16)17-13-20(32(31-17)23(3,4)5)29-19-11-10-18(21(30-19)40-24(25,26)27)33(41(6,35)36)42(7,37)38/h10-11,13-16H,8-9,12H2,1-7H3,(H,28,34)(H,29,30)/t15-,16+/m0/s1. The van der Waals surface area contributed by atoms with Crippen LogP contribution in [0.1, 0.15) is 65.5 Å². The van der Waals surface area contributed by atoms with Crippen LogP contribution >= 0.6 is 0 Å². The minimum atomic E-state index is -5.31. The molecule has 2 heterocycles. The predicted octanol–water partition coefficient (Wildman–Crippen LogP) is 4.17. The topological polar surface area (TPSA) is 162 Å². The van der Waals surface area contributed by atoms with Gasteiger partial charge in [0.25, 0.3) is 0 Å². The van der Waals surface area contributed by atoms with Gasteiger partial charge in [-0.15, -0.1) is 13.2 Å². The number of carbonyl (C=O) groups excluding carboxylic acids is 1. The van der Waals surface area contributed by atoms with E-state index in [4.69, 9.17) is 9.84 Å². The summed E-state index contributed by atoms with van der Waals surface area (Å²) < 4.78 is 99.5. The van der Waals surface area contributed by atoms with Gasteiger partial charge in [-0.1, -0.05) is 0 Å². The molecule has 13 nitrogen and oxygen atoms in total. The highest BCUT2D eigenvalue weighted by Gasteiger charge is 2.38. The van der Waals surface area contributed by atoms with Gasteiger partial charge in [0.05, 0.1) is 23.7 Å². The molecule has 2 aromatic heterocycles. The first-order valence-electron chi connectivity index (χ1n) is 12.9. The van der Waals surface area contributed by atoms with E-state index in [2.05, 4.69) is 20.4 Å². The maximum Gasteiger partial charge on any atom is 0.574 e. The minimum absolute atomic E-state index is 0.0662. The molecular weight excluding hydrogens is 605 g/mol. The van der Waals surface area contributed by atoms with Crippen molar-refractivity contribution in [1.82, 2.24) is 20.1 Å². The molecule has 1 amide bonds. The van der Waals surface area contributed by atoms with Crippen molar-refractivity contribution >= 4 is 43.5 Å². The van der Waals surface area contributed by atoms with Crippen LogP contribution < -0.4 is 19.1 Å². The Bertz CT molecular complexity index is 1490. The predicted molar refractivity (Wildman–Crippen MR) is 149 cm³/mol. The number of aromatic nitrogens is 3. The molecule has 42 heavy (non-hydrogen) atoms. The zero-order chi connectivity index (χ0) is 31.8. The lowest BCUT2D eigenvalue weighted by molar-refractivity contribution is -0.275.